The fourth-order valence-corrected chi connectivity index (χ4v) is 1.80. The fraction of sp³-hybridized carbons (Fsp3) is 0.0769. The SMILES string of the molecule is O=C(O)/C=C/C(=O)n1cc(CO)c2cc(F)ccc21. The van der Waals surface area contributed by atoms with Crippen molar-refractivity contribution in [3.8, 4) is 0 Å². The van der Waals surface area contributed by atoms with E-state index in [-0.39, 0.29) is 6.61 Å². The average Bonchev–Trinajstić information content (AvgIpc) is 2.73. The van der Waals surface area contributed by atoms with E-state index in [9.17, 15) is 19.1 Å². The van der Waals surface area contributed by atoms with Crippen molar-refractivity contribution < 1.29 is 24.2 Å². The molecule has 0 radical (unpaired) electrons. The molecule has 19 heavy (non-hydrogen) atoms. The van der Waals surface area contributed by atoms with E-state index >= 15 is 0 Å². The molecule has 5 nitrogen and oxygen atoms in total. The molecule has 0 aliphatic rings. The van der Waals surface area contributed by atoms with Gasteiger partial charge in [0.15, 0.2) is 0 Å². The molecule has 0 saturated heterocycles. The summed E-state index contributed by atoms with van der Waals surface area (Å²) in [5, 5.41) is 18.1. The van der Waals surface area contributed by atoms with E-state index < -0.39 is 17.7 Å². The largest absolute Gasteiger partial charge is 0.478 e. The second-order valence-electron chi connectivity index (χ2n) is 3.85. The number of benzene rings is 1. The van der Waals surface area contributed by atoms with Crippen LogP contribution in [0.25, 0.3) is 10.9 Å². The quantitative estimate of drug-likeness (QED) is 0.823. The molecule has 1 aromatic heterocycles. The Morgan fingerprint density at radius 2 is 2.05 bits per heavy atom. The van der Waals surface area contributed by atoms with Gasteiger partial charge in [-0.2, -0.15) is 0 Å². The van der Waals surface area contributed by atoms with Crippen LogP contribution >= 0.6 is 0 Å². The molecule has 2 N–H and O–H groups in total. The van der Waals surface area contributed by atoms with Gasteiger partial charge in [0.2, 0.25) is 0 Å². The molecule has 0 spiro atoms. The van der Waals surface area contributed by atoms with E-state index in [1.54, 1.807) is 0 Å². The van der Waals surface area contributed by atoms with Gasteiger partial charge in [-0.3, -0.25) is 9.36 Å². The Kier molecular flexibility index (Phi) is 3.43. The number of aromatic nitrogens is 1. The van der Waals surface area contributed by atoms with Crippen molar-refractivity contribution in [2.45, 2.75) is 6.61 Å². The van der Waals surface area contributed by atoms with Gasteiger partial charge < -0.3 is 10.2 Å². The lowest BCUT2D eigenvalue weighted by molar-refractivity contribution is -0.131. The first-order valence-electron chi connectivity index (χ1n) is 5.38. The summed E-state index contributed by atoms with van der Waals surface area (Å²) >= 11 is 0. The van der Waals surface area contributed by atoms with Crippen LogP contribution < -0.4 is 0 Å². The normalized spacial score (nSPS) is 11.3. The van der Waals surface area contributed by atoms with Crippen LogP contribution in [0.15, 0.2) is 36.5 Å². The number of carbonyl (C=O) groups excluding carboxylic acids is 1. The Hall–Kier alpha value is -2.47. The molecule has 0 aliphatic carbocycles. The molecule has 2 rings (SSSR count). The van der Waals surface area contributed by atoms with Gasteiger partial charge in [0.25, 0.3) is 5.91 Å². The molecular formula is C13H10FNO4. The van der Waals surface area contributed by atoms with Crippen molar-refractivity contribution in [3.63, 3.8) is 0 Å². The summed E-state index contributed by atoms with van der Waals surface area (Å²) in [5.41, 5.74) is 0.803. The standard InChI is InChI=1S/C13H10FNO4/c14-9-1-2-11-10(5-9)8(7-16)6-15(11)12(17)3-4-13(18)19/h1-6,16H,7H2,(H,18,19)/b4-3+. The van der Waals surface area contributed by atoms with Crippen molar-refractivity contribution in [1.82, 2.24) is 4.57 Å². The highest BCUT2D eigenvalue weighted by atomic mass is 19.1. The summed E-state index contributed by atoms with van der Waals surface area (Å²) in [6, 6.07) is 3.80. The van der Waals surface area contributed by atoms with Crippen LogP contribution in [0.5, 0.6) is 0 Å². The van der Waals surface area contributed by atoms with E-state index in [0.29, 0.717) is 16.5 Å². The van der Waals surface area contributed by atoms with E-state index in [1.807, 2.05) is 0 Å². The van der Waals surface area contributed by atoms with Crippen LogP contribution in [0.2, 0.25) is 0 Å². The monoisotopic (exact) mass is 263 g/mol. The second kappa shape index (κ2) is 5.03. The fourth-order valence-electron chi connectivity index (χ4n) is 1.80. The van der Waals surface area contributed by atoms with E-state index in [2.05, 4.69) is 0 Å². The third kappa shape index (κ3) is 2.53. The highest BCUT2D eigenvalue weighted by Crippen LogP contribution is 2.22. The number of nitrogens with zero attached hydrogens (tertiary/aromatic N) is 1. The summed E-state index contributed by atoms with van der Waals surface area (Å²) in [6.07, 6.45) is 2.97. The van der Waals surface area contributed by atoms with Crippen LogP contribution in [0.3, 0.4) is 0 Å². The van der Waals surface area contributed by atoms with Crippen LogP contribution in [-0.4, -0.2) is 26.7 Å². The molecule has 0 saturated carbocycles. The lowest BCUT2D eigenvalue weighted by Gasteiger charge is -1.99. The zero-order valence-electron chi connectivity index (χ0n) is 9.71. The van der Waals surface area contributed by atoms with Crippen molar-refractivity contribution in [1.29, 1.82) is 0 Å². The predicted molar refractivity (Wildman–Crippen MR) is 65.2 cm³/mol. The maximum atomic E-state index is 13.1. The first-order chi connectivity index (χ1) is 9.02. The summed E-state index contributed by atoms with van der Waals surface area (Å²) in [6.45, 7) is -0.344. The van der Waals surface area contributed by atoms with Crippen LogP contribution in [-0.2, 0) is 11.4 Å². The van der Waals surface area contributed by atoms with E-state index in [4.69, 9.17) is 5.11 Å². The number of aliphatic carboxylic acids is 1. The van der Waals surface area contributed by atoms with Gasteiger partial charge in [-0.1, -0.05) is 0 Å². The predicted octanol–water partition coefficient (Wildman–Crippen LogP) is 1.55. The second-order valence-corrected chi connectivity index (χ2v) is 3.85. The molecule has 0 bridgehead atoms. The third-order valence-electron chi connectivity index (χ3n) is 2.63. The number of carbonyl (C=O) groups is 2. The van der Waals surface area contributed by atoms with Crippen molar-refractivity contribution in [2.24, 2.45) is 0 Å². The zero-order chi connectivity index (χ0) is 14.0. The molecule has 1 aromatic carbocycles. The summed E-state index contributed by atoms with van der Waals surface area (Å²) in [7, 11) is 0. The molecule has 0 amide bonds. The highest BCUT2D eigenvalue weighted by molar-refractivity contribution is 6.01. The van der Waals surface area contributed by atoms with Gasteiger partial charge in [0, 0.05) is 29.3 Å². The summed E-state index contributed by atoms with van der Waals surface area (Å²) < 4.78 is 14.3. The Bertz CT molecular complexity index is 687. The first-order valence-corrected chi connectivity index (χ1v) is 5.38. The third-order valence-corrected chi connectivity index (χ3v) is 2.63. The van der Waals surface area contributed by atoms with E-state index in [0.717, 1.165) is 12.2 Å². The number of carboxylic acids is 1. The van der Waals surface area contributed by atoms with Gasteiger partial charge in [0.1, 0.15) is 5.82 Å². The van der Waals surface area contributed by atoms with Gasteiger partial charge in [-0.15, -0.1) is 0 Å². The lowest BCUT2D eigenvalue weighted by atomic mass is 10.2. The van der Waals surface area contributed by atoms with Crippen LogP contribution in [0, 0.1) is 5.82 Å². The molecule has 98 valence electrons. The number of halogens is 1. The van der Waals surface area contributed by atoms with Crippen molar-refractivity contribution in [2.75, 3.05) is 0 Å². The number of hydrogen-bond acceptors (Lipinski definition) is 3. The van der Waals surface area contributed by atoms with E-state index in [1.165, 1.54) is 29.0 Å². The number of aliphatic hydroxyl groups is 1. The number of aliphatic hydroxyl groups excluding tert-OH is 1. The molecular weight excluding hydrogens is 253 g/mol. The van der Waals surface area contributed by atoms with Gasteiger partial charge in [0.05, 0.1) is 12.1 Å². The Morgan fingerprint density at radius 1 is 1.32 bits per heavy atom. The van der Waals surface area contributed by atoms with Crippen molar-refractivity contribution >= 4 is 22.8 Å². The van der Waals surface area contributed by atoms with Gasteiger partial charge >= 0.3 is 5.97 Å². The van der Waals surface area contributed by atoms with Gasteiger partial charge in [-0.05, 0) is 18.2 Å². The molecule has 1 heterocycles. The minimum atomic E-state index is -1.24. The van der Waals surface area contributed by atoms with Crippen molar-refractivity contribution in [3.05, 3.63) is 47.9 Å². The average molecular weight is 263 g/mol. The summed E-state index contributed by atoms with van der Waals surface area (Å²) in [4.78, 5) is 22.2. The Labute approximate surface area is 107 Å². The summed E-state index contributed by atoms with van der Waals surface area (Å²) in [5.74, 6) is -2.30. The smallest absolute Gasteiger partial charge is 0.328 e. The number of fused-ring (bicyclic) bond motifs is 1. The maximum Gasteiger partial charge on any atom is 0.328 e. The highest BCUT2D eigenvalue weighted by Gasteiger charge is 2.12. The number of rotatable bonds is 3. The van der Waals surface area contributed by atoms with Crippen LogP contribution in [0.4, 0.5) is 4.39 Å². The van der Waals surface area contributed by atoms with Gasteiger partial charge in [-0.25, -0.2) is 9.18 Å². The molecule has 2 aromatic rings. The lowest BCUT2D eigenvalue weighted by Crippen LogP contribution is -2.06. The number of hydrogen-bond donors (Lipinski definition) is 2. The molecule has 6 heteroatoms. The number of carboxylic acid groups (broad SMARTS) is 1. The number of allylic oxidation sites excluding steroid dienone is 1. The topological polar surface area (TPSA) is 79.5 Å². The minimum absolute atomic E-state index is 0.344. The van der Waals surface area contributed by atoms with Crippen LogP contribution in [0.1, 0.15) is 10.4 Å². The zero-order valence-corrected chi connectivity index (χ0v) is 9.71. The Morgan fingerprint density at radius 3 is 2.68 bits per heavy atom. The molecule has 0 unspecified atom stereocenters. The maximum absolute atomic E-state index is 13.1. The first kappa shape index (κ1) is 13.0. The molecule has 0 fully saturated rings. The molecule has 0 aliphatic heterocycles. The Balaban J connectivity index is 2.55. The minimum Gasteiger partial charge on any atom is -0.478 e. The molecule has 0 atom stereocenters.